The van der Waals surface area contributed by atoms with Crippen LogP contribution in [0.3, 0.4) is 0 Å². The molecule has 30 heavy (non-hydrogen) atoms. The predicted molar refractivity (Wildman–Crippen MR) is 112 cm³/mol. The summed E-state index contributed by atoms with van der Waals surface area (Å²) >= 11 is 0. The fourth-order valence-electron chi connectivity index (χ4n) is 3.65. The van der Waals surface area contributed by atoms with Gasteiger partial charge in [0.25, 0.3) is 0 Å². The second-order valence-corrected chi connectivity index (χ2v) is 8.01. The number of hydrogen-bond donors (Lipinski definition) is 0. The summed E-state index contributed by atoms with van der Waals surface area (Å²) < 4.78 is 22.2. The number of fused-ring (bicyclic) bond motifs is 2. The Bertz CT molecular complexity index is 1160. The number of carbonyl (C=O) groups is 1. The molecule has 156 valence electrons. The van der Waals surface area contributed by atoms with E-state index in [1.807, 2.05) is 51.1 Å². The van der Waals surface area contributed by atoms with E-state index >= 15 is 0 Å². The van der Waals surface area contributed by atoms with Gasteiger partial charge >= 0.3 is 11.6 Å². The first-order valence-corrected chi connectivity index (χ1v) is 9.99. The highest BCUT2D eigenvalue weighted by molar-refractivity contribution is 5.81. The van der Waals surface area contributed by atoms with Gasteiger partial charge in [-0.25, -0.2) is 9.59 Å². The zero-order valence-electron chi connectivity index (χ0n) is 17.3. The SMILES string of the molecule is CCc1ccc2c(COC(=O)COc3cccc4c3OC(C)(C)C4)cc(=O)oc2c1. The molecule has 6 heteroatoms. The molecule has 0 unspecified atom stereocenters. The van der Waals surface area contributed by atoms with Crippen molar-refractivity contribution in [3.8, 4) is 11.5 Å². The summed E-state index contributed by atoms with van der Waals surface area (Å²) in [5.41, 5.74) is 2.44. The third-order valence-corrected chi connectivity index (χ3v) is 5.09. The second kappa shape index (κ2) is 7.86. The van der Waals surface area contributed by atoms with E-state index in [1.54, 1.807) is 6.07 Å². The molecule has 2 aromatic carbocycles. The molecular weight excluding hydrogens is 384 g/mol. The van der Waals surface area contributed by atoms with Gasteiger partial charge in [-0.1, -0.05) is 31.2 Å². The summed E-state index contributed by atoms with van der Waals surface area (Å²) in [5, 5.41) is 0.747. The van der Waals surface area contributed by atoms with Crippen LogP contribution in [0.25, 0.3) is 11.0 Å². The zero-order valence-corrected chi connectivity index (χ0v) is 17.3. The van der Waals surface area contributed by atoms with E-state index in [0.717, 1.165) is 29.4 Å². The number of ether oxygens (including phenoxy) is 3. The number of benzene rings is 2. The smallest absolute Gasteiger partial charge is 0.344 e. The molecule has 0 bridgehead atoms. The van der Waals surface area contributed by atoms with Crippen molar-refractivity contribution in [1.29, 1.82) is 0 Å². The van der Waals surface area contributed by atoms with E-state index in [0.29, 0.717) is 22.6 Å². The summed E-state index contributed by atoms with van der Waals surface area (Å²) in [4.78, 5) is 24.1. The van der Waals surface area contributed by atoms with Crippen LogP contribution in [0.1, 0.15) is 37.5 Å². The summed E-state index contributed by atoms with van der Waals surface area (Å²) in [7, 11) is 0. The van der Waals surface area contributed by atoms with Crippen LogP contribution >= 0.6 is 0 Å². The summed E-state index contributed by atoms with van der Waals surface area (Å²) in [6.07, 6.45) is 1.62. The number of aryl methyl sites for hydroxylation is 1. The Hall–Kier alpha value is -3.28. The lowest BCUT2D eigenvalue weighted by atomic mass is 10.0. The molecule has 0 spiro atoms. The van der Waals surface area contributed by atoms with Gasteiger partial charge in [0.2, 0.25) is 0 Å². The first-order valence-electron chi connectivity index (χ1n) is 9.99. The predicted octanol–water partition coefficient (Wildman–Crippen LogP) is 4.19. The van der Waals surface area contributed by atoms with E-state index < -0.39 is 11.6 Å². The van der Waals surface area contributed by atoms with Crippen molar-refractivity contribution in [2.75, 3.05) is 6.61 Å². The van der Waals surface area contributed by atoms with Crippen molar-refractivity contribution in [2.45, 2.75) is 45.8 Å². The summed E-state index contributed by atoms with van der Waals surface area (Å²) in [6, 6.07) is 12.7. The topological polar surface area (TPSA) is 75.0 Å². The first kappa shape index (κ1) is 20.0. The molecule has 0 atom stereocenters. The van der Waals surface area contributed by atoms with Crippen molar-refractivity contribution < 1.29 is 23.4 Å². The normalized spacial score (nSPS) is 14.2. The molecule has 1 aliphatic rings. The fourth-order valence-corrected chi connectivity index (χ4v) is 3.65. The van der Waals surface area contributed by atoms with Crippen molar-refractivity contribution in [2.24, 2.45) is 0 Å². The molecule has 3 aromatic rings. The molecule has 4 rings (SSSR count). The molecule has 0 aliphatic carbocycles. The van der Waals surface area contributed by atoms with Crippen LogP contribution in [0.5, 0.6) is 11.5 Å². The van der Waals surface area contributed by atoms with E-state index in [2.05, 4.69) is 0 Å². The second-order valence-electron chi connectivity index (χ2n) is 8.01. The van der Waals surface area contributed by atoms with Crippen molar-refractivity contribution in [3.05, 3.63) is 69.6 Å². The minimum absolute atomic E-state index is 0.0355. The van der Waals surface area contributed by atoms with Crippen molar-refractivity contribution >= 4 is 16.9 Å². The quantitative estimate of drug-likeness (QED) is 0.450. The standard InChI is InChI=1S/C24H24O6/c1-4-15-8-9-18-17(11-21(25)29-20(18)10-15)13-28-22(26)14-27-19-7-5-6-16-12-24(2,3)30-23(16)19/h5-11H,4,12-14H2,1-3H3. The molecular formula is C24H24O6. The largest absolute Gasteiger partial charge is 0.483 e. The lowest BCUT2D eigenvalue weighted by molar-refractivity contribution is -0.147. The van der Waals surface area contributed by atoms with Crippen LogP contribution in [0.2, 0.25) is 0 Å². The number of para-hydroxylation sites is 1. The fraction of sp³-hybridized carbons (Fsp3) is 0.333. The summed E-state index contributed by atoms with van der Waals surface area (Å²) in [5.74, 6) is 0.665. The van der Waals surface area contributed by atoms with Crippen LogP contribution in [-0.2, 0) is 29.0 Å². The molecule has 0 saturated heterocycles. The third kappa shape index (κ3) is 4.17. The average Bonchev–Trinajstić information content (AvgIpc) is 3.04. The Morgan fingerprint density at radius 2 is 2.00 bits per heavy atom. The maximum atomic E-state index is 12.2. The Kier molecular flexibility index (Phi) is 5.24. The molecule has 0 N–H and O–H groups in total. The van der Waals surface area contributed by atoms with Gasteiger partial charge < -0.3 is 18.6 Å². The Balaban J connectivity index is 1.42. The summed E-state index contributed by atoms with van der Waals surface area (Å²) in [6.45, 7) is 5.76. The van der Waals surface area contributed by atoms with Gasteiger partial charge in [0.1, 0.15) is 17.8 Å². The maximum absolute atomic E-state index is 12.2. The van der Waals surface area contributed by atoms with Gasteiger partial charge in [-0.05, 0) is 38.0 Å². The molecule has 0 amide bonds. The minimum atomic E-state index is -0.531. The van der Waals surface area contributed by atoms with Crippen LogP contribution in [0, 0.1) is 0 Å². The van der Waals surface area contributed by atoms with E-state index in [1.165, 1.54) is 6.07 Å². The van der Waals surface area contributed by atoms with Gasteiger partial charge in [0.05, 0.1) is 0 Å². The van der Waals surface area contributed by atoms with Gasteiger partial charge in [-0.3, -0.25) is 0 Å². The number of carbonyl (C=O) groups excluding carboxylic acids is 1. The number of esters is 1. The van der Waals surface area contributed by atoms with Crippen LogP contribution in [-0.4, -0.2) is 18.2 Å². The lowest BCUT2D eigenvalue weighted by Crippen LogP contribution is -2.24. The minimum Gasteiger partial charge on any atom is -0.483 e. The van der Waals surface area contributed by atoms with Crippen LogP contribution in [0.4, 0.5) is 0 Å². The molecule has 2 heterocycles. The van der Waals surface area contributed by atoms with E-state index in [-0.39, 0.29) is 18.8 Å². The van der Waals surface area contributed by atoms with Gasteiger partial charge in [0, 0.05) is 29.0 Å². The number of hydrogen-bond acceptors (Lipinski definition) is 6. The molecule has 1 aromatic heterocycles. The Labute approximate surface area is 174 Å². The van der Waals surface area contributed by atoms with E-state index in [4.69, 9.17) is 18.6 Å². The molecule has 0 saturated carbocycles. The Morgan fingerprint density at radius 3 is 2.80 bits per heavy atom. The van der Waals surface area contributed by atoms with Crippen LogP contribution in [0.15, 0.2) is 51.7 Å². The number of rotatable bonds is 6. The highest BCUT2D eigenvalue weighted by Crippen LogP contribution is 2.41. The molecule has 0 radical (unpaired) electrons. The first-order chi connectivity index (χ1) is 14.3. The van der Waals surface area contributed by atoms with Crippen LogP contribution < -0.4 is 15.1 Å². The molecule has 1 aliphatic heterocycles. The lowest BCUT2D eigenvalue weighted by Gasteiger charge is -2.18. The van der Waals surface area contributed by atoms with Gasteiger partial charge in [0.15, 0.2) is 18.1 Å². The van der Waals surface area contributed by atoms with Crippen molar-refractivity contribution in [1.82, 2.24) is 0 Å². The van der Waals surface area contributed by atoms with Gasteiger partial charge in [-0.15, -0.1) is 0 Å². The monoisotopic (exact) mass is 408 g/mol. The zero-order chi connectivity index (χ0) is 21.3. The van der Waals surface area contributed by atoms with E-state index in [9.17, 15) is 9.59 Å². The highest BCUT2D eigenvalue weighted by atomic mass is 16.6. The molecule has 6 nitrogen and oxygen atoms in total. The van der Waals surface area contributed by atoms with Crippen molar-refractivity contribution in [3.63, 3.8) is 0 Å². The maximum Gasteiger partial charge on any atom is 0.344 e. The Morgan fingerprint density at radius 1 is 1.17 bits per heavy atom. The van der Waals surface area contributed by atoms with Gasteiger partial charge in [-0.2, -0.15) is 0 Å². The highest BCUT2D eigenvalue weighted by Gasteiger charge is 2.32. The average molecular weight is 408 g/mol. The molecule has 0 fully saturated rings. The third-order valence-electron chi connectivity index (χ3n) is 5.09.